The van der Waals surface area contributed by atoms with Gasteiger partial charge in [0, 0.05) is 6.04 Å². The summed E-state index contributed by atoms with van der Waals surface area (Å²) in [4.78, 5) is 12.8. The van der Waals surface area contributed by atoms with Crippen molar-refractivity contribution in [1.82, 2.24) is 5.32 Å². The van der Waals surface area contributed by atoms with Gasteiger partial charge in [0.15, 0.2) is 0 Å². The number of nitrogens with zero attached hydrogens (tertiary/aromatic N) is 1. The number of anilines is 1. The highest BCUT2D eigenvalue weighted by Crippen LogP contribution is 2.60. The monoisotopic (exact) mass is 456 g/mol. The molecule has 6 aliphatic carbocycles. The number of carbonyl (C=O) groups is 1. The molecule has 1 aromatic rings. The van der Waals surface area contributed by atoms with Gasteiger partial charge in [0.05, 0.1) is 11.9 Å². The van der Waals surface area contributed by atoms with Crippen molar-refractivity contribution in [2.45, 2.75) is 75.7 Å². The summed E-state index contributed by atoms with van der Waals surface area (Å²) >= 11 is 0. The summed E-state index contributed by atoms with van der Waals surface area (Å²) in [7, 11) is -3.54. The van der Waals surface area contributed by atoms with Crippen LogP contribution < -0.4 is 9.62 Å². The van der Waals surface area contributed by atoms with Gasteiger partial charge in [-0.15, -0.1) is 0 Å². The summed E-state index contributed by atoms with van der Waals surface area (Å²) in [5.74, 6) is 3.77. The number of hydrogen-bond donors (Lipinski definition) is 1. The lowest BCUT2D eigenvalue weighted by molar-refractivity contribution is -0.120. The average molecular weight is 457 g/mol. The maximum Gasteiger partial charge on any atom is 0.241 e. The van der Waals surface area contributed by atoms with Crippen molar-refractivity contribution in [1.29, 1.82) is 0 Å². The number of benzene rings is 1. The molecule has 6 fully saturated rings. The molecule has 174 valence electrons. The molecular formula is C26H36N2O3S. The number of nitrogens with one attached hydrogen (secondary N) is 1. The van der Waals surface area contributed by atoms with E-state index in [2.05, 4.69) is 17.4 Å². The normalized spacial score (nSPS) is 39.4. The molecule has 3 atom stereocenters. The zero-order chi connectivity index (χ0) is 22.1. The van der Waals surface area contributed by atoms with Crippen molar-refractivity contribution in [3.63, 3.8) is 0 Å². The van der Waals surface area contributed by atoms with Crippen molar-refractivity contribution in [3.8, 4) is 0 Å². The second-order valence-electron chi connectivity index (χ2n) is 11.9. The minimum atomic E-state index is -3.54. The minimum absolute atomic E-state index is 0.135. The van der Waals surface area contributed by atoms with Gasteiger partial charge in [0.2, 0.25) is 15.9 Å². The Hall–Kier alpha value is -1.56. The number of hydrogen-bond acceptors (Lipinski definition) is 3. The summed E-state index contributed by atoms with van der Waals surface area (Å²) in [6.07, 6.45) is 14.1. The Kier molecular flexibility index (Phi) is 4.91. The summed E-state index contributed by atoms with van der Waals surface area (Å²) in [5.41, 5.74) is 2.27. The fourth-order valence-electron chi connectivity index (χ4n) is 8.65. The molecule has 0 heterocycles. The van der Waals surface area contributed by atoms with Crippen LogP contribution >= 0.6 is 0 Å². The van der Waals surface area contributed by atoms with Gasteiger partial charge in [-0.25, -0.2) is 8.42 Å². The Balaban J connectivity index is 1.18. The molecule has 0 unspecified atom stereocenters. The number of carbonyl (C=O) groups excluding carboxylic acids is 1. The lowest BCUT2D eigenvalue weighted by Gasteiger charge is -2.57. The first kappa shape index (κ1) is 21.0. The Bertz CT molecular complexity index is 967. The highest BCUT2D eigenvalue weighted by Gasteiger charge is 2.51. The van der Waals surface area contributed by atoms with Gasteiger partial charge in [0.25, 0.3) is 0 Å². The molecule has 6 saturated carbocycles. The van der Waals surface area contributed by atoms with Crippen LogP contribution in [0.25, 0.3) is 0 Å². The van der Waals surface area contributed by atoms with Crippen LogP contribution in [0.4, 0.5) is 5.69 Å². The summed E-state index contributed by atoms with van der Waals surface area (Å²) in [6.45, 7) is -0.135. The third-order valence-corrected chi connectivity index (χ3v) is 10.7. The predicted octanol–water partition coefficient (Wildman–Crippen LogP) is 4.23. The molecule has 6 aliphatic rings. The first-order chi connectivity index (χ1) is 15.3. The largest absolute Gasteiger partial charge is 0.352 e. The standard InChI is InChI=1S/C26H36N2O3S/c1-32(30,31)28(16-25(29)27-24-12-17-2-3-21(24)11-17)23-6-4-22(5-7-23)26-13-18-8-19(14-26)10-20(9-18)15-26/h4-7,17-21,24H,2-3,8-16H2,1H3,(H,27,29)/t17-,18?,19?,20?,21-,24-,26?/m0/s1. The highest BCUT2D eigenvalue weighted by molar-refractivity contribution is 7.92. The minimum Gasteiger partial charge on any atom is -0.352 e. The molecule has 0 aromatic heterocycles. The Morgan fingerprint density at radius 1 is 0.938 bits per heavy atom. The van der Waals surface area contributed by atoms with Gasteiger partial charge in [0.1, 0.15) is 6.54 Å². The van der Waals surface area contributed by atoms with Crippen molar-refractivity contribution < 1.29 is 13.2 Å². The van der Waals surface area contributed by atoms with E-state index in [0.717, 1.165) is 30.1 Å². The van der Waals surface area contributed by atoms with Crippen LogP contribution in [-0.4, -0.2) is 33.2 Å². The van der Waals surface area contributed by atoms with Crippen LogP contribution in [0.1, 0.15) is 69.8 Å². The number of sulfonamides is 1. The number of fused-ring (bicyclic) bond motifs is 2. The van der Waals surface area contributed by atoms with Crippen LogP contribution in [0.5, 0.6) is 0 Å². The van der Waals surface area contributed by atoms with Gasteiger partial charge in [-0.3, -0.25) is 9.10 Å². The lowest BCUT2D eigenvalue weighted by atomic mass is 9.48. The van der Waals surface area contributed by atoms with Crippen LogP contribution in [0.3, 0.4) is 0 Å². The molecule has 6 bridgehead atoms. The van der Waals surface area contributed by atoms with E-state index in [9.17, 15) is 13.2 Å². The van der Waals surface area contributed by atoms with E-state index in [0.29, 0.717) is 17.0 Å². The van der Waals surface area contributed by atoms with Crippen LogP contribution in [0.2, 0.25) is 0 Å². The average Bonchev–Trinajstić information content (AvgIpc) is 3.34. The Labute approximate surface area is 192 Å². The van der Waals surface area contributed by atoms with Gasteiger partial charge >= 0.3 is 0 Å². The first-order valence-corrected chi connectivity index (χ1v) is 14.5. The lowest BCUT2D eigenvalue weighted by Crippen LogP contribution is -2.48. The van der Waals surface area contributed by atoms with E-state index in [1.165, 1.54) is 73.9 Å². The molecule has 7 rings (SSSR count). The SMILES string of the molecule is CS(=O)(=O)N(CC(=O)N[C@H]1C[C@H]2CC[C@H]1C2)c1ccc(C23CC4CC(CC(C4)C2)C3)cc1. The molecule has 0 saturated heterocycles. The van der Waals surface area contributed by atoms with Crippen molar-refractivity contribution in [2.75, 3.05) is 17.1 Å². The number of amides is 1. The Morgan fingerprint density at radius 3 is 2.06 bits per heavy atom. The molecule has 5 nitrogen and oxygen atoms in total. The molecule has 0 aliphatic heterocycles. The topological polar surface area (TPSA) is 66.5 Å². The maximum absolute atomic E-state index is 12.8. The molecule has 32 heavy (non-hydrogen) atoms. The van der Waals surface area contributed by atoms with Gasteiger partial charge in [-0.1, -0.05) is 18.6 Å². The molecule has 1 amide bonds. The third kappa shape index (κ3) is 3.66. The molecule has 1 aromatic carbocycles. The molecule has 6 heteroatoms. The van der Waals surface area contributed by atoms with E-state index in [1.807, 2.05) is 12.1 Å². The van der Waals surface area contributed by atoms with Gasteiger partial charge < -0.3 is 5.32 Å². The van der Waals surface area contributed by atoms with Crippen molar-refractivity contribution >= 4 is 21.6 Å². The van der Waals surface area contributed by atoms with E-state index in [4.69, 9.17) is 0 Å². The van der Waals surface area contributed by atoms with Crippen molar-refractivity contribution in [2.24, 2.45) is 29.6 Å². The summed E-state index contributed by atoms with van der Waals surface area (Å²) in [5, 5.41) is 3.14. The van der Waals surface area contributed by atoms with Crippen LogP contribution in [0, 0.1) is 29.6 Å². The molecule has 1 N–H and O–H groups in total. The van der Waals surface area contributed by atoms with E-state index < -0.39 is 10.0 Å². The second kappa shape index (κ2) is 7.48. The Morgan fingerprint density at radius 2 is 1.56 bits per heavy atom. The van der Waals surface area contributed by atoms with E-state index >= 15 is 0 Å². The first-order valence-electron chi connectivity index (χ1n) is 12.6. The summed E-state index contributed by atoms with van der Waals surface area (Å²) < 4.78 is 26.4. The number of rotatable bonds is 6. The fraction of sp³-hybridized carbons (Fsp3) is 0.731. The zero-order valence-electron chi connectivity index (χ0n) is 19.1. The third-order valence-electron chi connectivity index (χ3n) is 9.58. The van der Waals surface area contributed by atoms with E-state index in [1.54, 1.807) is 0 Å². The predicted molar refractivity (Wildman–Crippen MR) is 126 cm³/mol. The smallest absolute Gasteiger partial charge is 0.241 e. The van der Waals surface area contributed by atoms with Crippen LogP contribution in [0.15, 0.2) is 24.3 Å². The van der Waals surface area contributed by atoms with E-state index in [-0.39, 0.29) is 18.5 Å². The fourth-order valence-corrected chi connectivity index (χ4v) is 9.51. The van der Waals surface area contributed by atoms with Gasteiger partial charge in [-0.05, 0) is 110 Å². The maximum atomic E-state index is 12.8. The quantitative estimate of drug-likeness (QED) is 0.697. The van der Waals surface area contributed by atoms with Gasteiger partial charge in [-0.2, -0.15) is 0 Å². The molecular weight excluding hydrogens is 420 g/mol. The summed E-state index contributed by atoms with van der Waals surface area (Å²) in [6, 6.07) is 8.38. The zero-order valence-corrected chi connectivity index (χ0v) is 19.9. The second-order valence-corrected chi connectivity index (χ2v) is 13.8. The molecule has 0 spiro atoms. The van der Waals surface area contributed by atoms with Crippen LogP contribution in [-0.2, 0) is 20.2 Å². The highest BCUT2D eigenvalue weighted by atomic mass is 32.2. The van der Waals surface area contributed by atoms with Crippen molar-refractivity contribution in [3.05, 3.63) is 29.8 Å². The molecule has 0 radical (unpaired) electrons.